The van der Waals surface area contributed by atoms with Gasteiger partial charge in [0.15, 0.2) is 0 Å². The van der Waals surface area contributed by atoms with E-state index in [1.54, 1.807) is 18.3 Å². The summed E-state index contributed by atoms with van der Waals surface area (Å²) < 4.78 is 33.2. The van der Waals surface area contributed by atoms with Gasteiger partial charge in [-0.15, -0.1) is 0 Å². The number of hydrogen-bond acceptors (Lipinski definition) is 5. The third kappa shape index (κ3) is 5.09. The predicted molar refractivity (Wildman–Crippen MR) is 128 cm³/mol. The standard InChI is InChI=1S/C26H30N2O4S/c1-26(2,3)22-9-11-23(12-10-22)33(30,31)28-16-13-20(14-17-28)25(29)32-18-21-7-4-6-19-8-5-15-27-24(19)21/h4-12,15,20H,13-14,16-18H2,1-3H3. The van der Waals surface area contributed by atoms with Gasteiger partial charge in [-0.05, 0) is 42.0 Å². The molecule has 1 aromatic heterocycles. The smallest absolute Gasteiger partial charge is 0.309 e. The third-order valence-electron chi connectivity index (χ3n) is 6.23. The topological polar surface area (TPSA) is 76.6 Å². The highest BCUT2D eigenvalue weighted by Gasteiger charge is 2.33. The van der Waals surface area contributed by atoms with Crippen LogP contribution in [0.4, 0.5) is 0 Å². The molecule has 6 nitrogen and oxygen atoms in total. The monoisotopic (exact) mass is 466 g/mol. The van der Waals surface area contributed by atoms with Crippen molar-refractivity contribution in [3.8, 4) is 0 Å². The molecule has 2 heterocycles. The number of aromatic nitrogens is 1. The van der Waals surface area contributed by atoms with E-state index in [-0.39, 0.29) is 23.9 Å². The summed E-state index contributed by atoms with van der Waals surface area (Å²) in [5.74, 6) is -0.586. The summed E-state index contributed by atoms with van der Waals surface area (Å²) in [5, 5.41) is 1.00. The van der Waals surface area contributed by atoms with Crippen LogP contribution in [0.5, 0.6) is 0 Å². The quantitative estimate of drug-likeness (QED) is 0.511. The van der Waals surface area contributed by atoms with Crippen LogP contribution in [-0.2, 0) is 31.6 Å². The average Bonchev–Trinajstić information content (AvgIpc) is 2.82. The molecule has 1 saturated heterocycles. The van der Waals surface area contributed by atoms with Crippen LogP contribution in [0.25, 0.3) is 10.9 Å². The van der Waals surface area contributed by atoms with E-state index in [4.69, 9.17) is 4.74 Å². The lowest BCUT2D eigenvalue weighted by molar-refractivity contribution is -0.151. The SMILES string of the molecule is CC(C)(C)c1ccc(S(=O)(=O)N2CCC(C(=O)OCc3cccc4cccnc34)CC2)cc1. The third-order valence-corrected chi connectivity index (χ3v) is 8.14. The van der Waals surface area contributed by atoms with Crippen LogP contribution in [0, 0.1) is 5.92 Å². The van der Waals surface area contributed by atoms with Crippen molar-refractivity contribution in [2.75, 3.05) is 13.1 Å². The molecule has 0 bridgehead atoms. The van der Waals surface area contributed by atoms with Crippen LogP contribution in [-0.4, -0.2) is 36.8 Å². The molecule has 2 aromatic carbocycles. The van der Waals surface area contributed by atoms with Crippen molar-refractivity contribution in [1.82, 2.24) is 9.29 Å². The molecule has 3 aromatic rings. The lowest BCUT2D eigenvalue weighted by Crippen LogP contribution is -2.40. The molecule has 1 aliphatic rings. The Bertz CT molecular complexity index is 1230. The molecule has 0 amide bonds. The van der Waals surface area contributed by atoms with Crippen LogP contribution < -0.4 is 0 Å². The van der Waals surface area contributed by atoms with Gasteiger partial charge in [-0.3, -0.25) is 9.78 Å². The van der Waals surface area contributed by atoms with Gasteiger partial charge in [-0.2, -0.15) is 4.31 Å². The number of carbonyl (C=O) groups is 1. The molecule has 1 aliphatic heterocycles. The van der Waals surface area contributed by atoms with Crippen molar-refractivity contribution in [3.63, 3.8) is 0 Å². The van der Waals surface area contributed by atoms with Gasteiger partial charge in [0.1, 0.15) is 6.61 Å². The summed E-state index contributed by atoms with van der Waals surface area (Å²) in [6.07, 6.45) is 2.62. The highest BCUT2D eigenvalue weighted by molar-refractivity contribution is 7.89. The first-order valence-corrected chi connectivity index (χ1v) is 12.7. The van der Waals surface area contributed by atoms with Crippen LogP contribution in [0.2, 0.25) is 0 Å². The van der Waals surface area contributed by atoms with E-state index in [9.17, 15) is 13.2 Å². The van der Waals surface area contributed by atoms with Crippen molar-refractivity contribution in [3.05, 3.63) is 71.9 Å². The lowest BCUT2D eigenvalue weighted by atomic mass is 9.87. The van der Waals surface area contributed by atoms with E-state index in [0.717, 1.165) is 22.0 Å². The van der Waals surface area contributed by atoms with E-state index in [0.29, 0.717) is 30.8 Å². The summed E-state index contributed by atoms with van der Waals surface area (Å²) in [6, 6.07) is 16.7. The molecule has 0 saturated carbocycles. The summed E-state index contributed by atoms with van der Waals surface area (Å²) in [5.41, 5.74) is 2.74. The minimum Gasteiger partial charge on any atom is -0.461 e. The highest BCUT2D eigenvalue weighted by Crippen LogP contribution is 2.28. The minimum atomic E-state index is -3.58. The van der Waals surface area contributed by atoms with E-state index in [1.165, 1.54) is 4.31 Å². The second kappa shape index (κ2) is 9.23. The molecule has 7 heteroatoms. The number of piperidine rings is 1. The highest BCUT2D eigenvalue weighted by atomic mass is 32.2. The number of benzene rings is 2. The minimum absolute atomic E-state index is 0.0386. The Hall–Kier alpha value is -2.77. The Morgan fingerprint density at radius 2 is 1.70 bits per heavy atom. The van der Waals surface area contributed by atoms with Crippen LogP contribution in [0.15, 0.2) is 65.7 Å². The van der Waals surface area contributed by atoms with Crippen molar-refractivity contribution in [2.24, 2.45) is 5.92 Å². The maximum Gasteiger partial charge on any atom is 0.309 e. The van der Waals surface area contributed by atoms with Gasteiger partial charge in [0.05, 0.1) is 16.3 Å². The summed E-state index contributed by atoms with van der Waals surface area (Å²) >= 11 is 0. The zero-order valence-corrected chi connectivity index (χ0v) is 20.1. The van der Waals surface area contributed by atoms with Gasteiger partial charge in [-0.1, -0.05) is 57.2 Å². The van der Waals surface area contributed by atoms with Crippen LogP contribution in [0.3, 0.4) is 0 Å². The lowest BCUT2D eigenvalue weighted by Gasteiger charge is -2.30. The number of pyridine rings is 1. The number of para-hydroxylation sites is 1. The molecule has 0 N–H and O–H groups in total. The van der Waals surface area contributed by atoms with Gasteiger partial charge in [-0.25, -0.2) is 8.42 Å². The summed E-state index contributed by atoms with van der Waals surface area (Å²) in [6.45, 7) is 7.05. The van der Waals surface area contributed by atoms with Gasteiger partial charge < -0.3 is 4.74 Å². The maximum absolute atomic E-state index is 13.1. The average molecular weight is 467 g/mol. The molecule has 1 fully saturated rings. The Kier molecular flexibility index (Phi) is 6.54. The molecular weight excluding hydrogens is 436 g/mol. The first kappa shape index (κ1) is 23.4. The molecular formula is C26H30N2O4S. The molecule has 0 atom stereocenters. The zero-order valence-electron chi connectivity index (χ0n) is 19.3. The molecule has 4 rings (SSSR count). The first-order valence-electron chi connectivity index (χ1n) is 11.3. The fraction of sp³-hybridized carbons (Fsp3) is 0.385. The number of fused-ring (bicyclic) bond motifs is 1. The number of nitrogens with zero attached hydrogens (tertiary/aromatic N) is 2. The van der Waals surface area contributed by atoms with E-state index in [1.807, 2.05) is 42.5 Å². The summed E-state index contributed by atoms with van der Waals surface area (Å²) in [7, 11) is -3.58. The van der Waals surface area contributed by atoms with Crippen molar-refractivity contribution in [2.45, 2.75) is 50.5 Å². The van der Waals surface area contributed by atoms with E-state index < -0.39 is 10.0 Å². The number of ether oxygens (including phenoxy) is 1. The van der Waals surface area contributed by atoms with Crippen LogP contribution >= 0.6 is 0 Å². The van der Waals surface area contributed by atoms with Crippen molar-refractivity contribution >= 4 is 26.9 Å². The van der Waals surface area contributed by atoms with Crippen molar-refractivity contribution in [1.29, 1.82) is 0 Å². The fourth-order valence-corrected chi connectivity index (χ4v) is 5.63. The molecule has 0 radical (unpaired) electrons. The zero-order chi connectivity index (χ0) is 23.6. The second-order valence-corrected chi connectivity index (χ2v) is 11.5. The van der Waals surface area contributed by atoms with E-state index in [2.05, 4.69) is 25.8 Å². The Morgan fingerprint density at radius 3 is 2.36 bits per heavy atom. The van der Waals surface area contributed by atoms with Gasteiger partial charge >= 0.3 is 5.97 Å². The van der Waals surface area contributed by atoms with Crippen LogP contribution in [0.1, 0.15) is 44.7 Å². The van der Waals surface area contributed by atoms with Gasteiger partial charge in [0, 0.05) is 30.2 Å². The van der Waals surface area contributed by atoms with Gasteiger partial charge in [0.2, 0.25) is 10.0 Å². The number of carbonyl (C=O) groups excluding carboxylic acids is 1. The molecule has 0 aliphatic carbocycles. The van der Waals surface area contributed by atoms with Gasteiger partial charge in [0.25, 0.3) is 0 Å². The molecule has 33 heavy (non-hydrogen) atoms. The number of hydrogen-bond donors (Lipinski definition) is 0. The Labute approximate surface area is 195 Å². The van der Waals surface area contributed by atoms with Crippen molar-refractivity contribution < 1.29 is 17.9 Å². The van der Waals surface area contributed by atoms with E-state index >= 15 is 0 Å². The number of rotatable bonds is 5. The molecule has 0 unspecified atom stereocenters. The fourth-order valence-electron chi connectivity index (χ4n) is 4.16. The second-order valence-electron chi connectivity index (χ2n) is 9.55. The summed E-state index contributed by atoms with van der Waals surface area (Å²) in [4.78, 5) is 17.3. The normalized spacial score (nSPS) is 16.1. The largest absolute Gasteiger partial charge is 0.461 e. The number of esters is 1. The Morgan fingerprint density at radius 1 is 1.03 bits per heavy atom. The Balaban J connectivity index is 1.35. The maximum atomic E-state index is 13.1. The number of sulfonamides is 1. The first-order chi connectivity index (χ1) is 15.7. The predicted octanol–water partition coefficient (Wildman–Crippen LogP) is 4.68. The molecule has 0 spiro atoms. The molecule has 174 valence electrons.